The summed E-state index contributed by atoms with van der Waals surface area (Å²) in [4.78, 5) is 13.3. The van der Waals surface area contributed by atoms with Crippen molar-refractivity contribution in [2.75, 3.05) is 5.32 Å². The van der Waals surface area contributed by atoms with E-state index in [4.69, 9.17) is 5.10 Å². The molecular formula is C25H26N4O. The van der Waals surface area contributed by atoms with Gasteiger partial charge in [-0.15, -0.1) is 0 Å². The predicted octanol–water partition coefficient (Wildman–Crippen LogP) is 5.36. The fourth-order valence-corrected chi connectivity index (χ4v) is 3.54. The number of rotatable bonds is 4. The van der Waals surface area contributed by atoms with E-state index in [1.54, 1.807) is 4.68 Å². The second-order valence-corrected chi connectivity index (χ2v) is 7.87. The number of aromatic nitrogens is 3. The van der Waals surface area contributed by atoms with Gasteiger partial charge in [-0.05, 0) is 86.3 Å². The van der Waals surface area contributed by atoms with Crippen molar-refractivity contribution in [1.82, 2.24) is 14.3 Å². The number of carbonyl (C=O) groups excluding carboxylic acids is 1. The lowest BCUT2D eigenvalue weighted by atomic mass is 10.1. The van der Waals surface area contributed by atoms with Crippen LogP contribution in [-0.2, 0) is 7.05 Å². The van der Waals surface area contributed by atoms with Crippen LogP contribution in [0.5, 0.6) is 0 Å². The Balaban J connectivity index is 1.81. The van der Waals surface area contributed by atoms with Crippen molar-refractivity contribution in [3.05, 3.63) is 88.7 Å². The molecule has 0 aliphatic rings. The van der Waals surface area contributed by atoms with E-state index in [1.807, 2.05) is 75.0 Å². The van der Waals surface area contributed by atoms with Crippen LogP contribution in [0.25, 0.3) is 17.1 Å². The molecule has 0 aliphatic heterocycles. The first-order valence-electron chi connectivity index (χ1n) is 10.0. The number of anilines is 1. The molecule has 5 heteroatoms. The first-order valence-corrected chi connectivity index (χ1v) is 10.0. The second kappa shape index (κ2) is 7.67. The Morgan fingerprint density at radius 3 is 2.37 bits per heavy atom. The van der Waals surface area contributed by atoms with E-state index in [0.29, 0.717) is 5.69 Å². The lowest BCUT2D eigenvalue weighted by Gasteiger charge is -2.12. The molecular weight excluding hydrogens is 372 g/mol. The van der Waals surface area contributed by atoms with Crippen LogP contribution in [0, 0.1) is 27.7 Å². The van der Waals surface area contributed by atoms with Crippen LogP contribution in [0.15, 0.2) is 60.8 Å². The molecule has 0 radical (unpaired) electrons. The van der Waals surface area contributed by atoms with Crippen LogP contribution in [0.2, 0.25) is 0 Å². The van der Waals surface area contributed by atoms with Crippen molar-refractivity contribution in [2.45, 2.75) is 27.7 Å². The summed E-state index contributed by atoms with van der Waals surface area (Å²) in [5, 5.41) is 7.85. The maximum atomic E-state index is 13.3. The lowest BCUT2D eigenvalue weighted by molar-refractivity contribution is 0.101. The minimum atomic E-state index is -0.188. The Kier molecular flexibility index (Phi) is 5.04. The molecule has 0 fully saturated rings. The molecule has 0 aliphatic carbocycles. The zero-order chi connectivity index (χ0) is 21.4. The van der Waals surface area contributed by atoms with Gasteiger partial charge in [-0.3, -0.25) is 4.79 Å². The first kappa shape index (κ1) is 19.7. The molecule has 0 saturated carbocycles. The van der Waals surface area contributed by atoms with Crippen LogP contribution in [0.3, 0.4) is 0 Å². The molecule has 0 unspecified atom stereocenters. The van der Waals surface area contributed by atoms with E-state index < -0.39 is 0 Å². The van der Waals surface area contributed by atoms with E-state index >= 15 is 0 Å². The van der Waals surface area contributed by atoms with Gasteiger partial charge in [0.05, 0.1) is 11.4 Å². The van der Waals surface area contributed by atoms with Crippen molar-refractivity contribution in [3.8, 4) is 17.1 Å². The van der Waals surface area contributed by atoms with Crippen LogP contribution >= 0.6 is 0 Å². The molecule has 0 atom stereocenters. The average Bonchev–Trinajstić information content (AvgIpc) is 3.33. The van der Waals surface area contributed by atoms with E-state index in [1.165, 1.54) is 5.56 Å². The van der Waals surface area contributed by atoms with E-state index in [9.17, 15) is 4.79 Å². The zero-order valence-corrected chi connectivity index (χ0v) is 18.0. The SMILES string of the molecule is Cc1ccc(C)c(-n2nc(-c3cccn3C)cc2C(=O)Nc2ccc(C)c(C)c2)c1. The van der Waals surface area contributed by atoms with Crippen molar-refractivity contribution in [1.29, 1.82) is 0 Å². The summed E-state index contributed by atoms with van der Waals surface area (Å²) >= 11 is 0. The van der Waals surface area contributed by atoms with Gasteiger partial charge in [0, 0.05) is 18.9 Å². The largest absolute Gasteiger partial charge is 0.349 e. The van der Waals surface area contributed by atoms with Crippen molar-refractivity contribution < 1.29 is 4.79 Å². The van der Waals surface area contributed by atoms with Gasteiger partial charge in [0.1, 0.15) is 11.4 Å². The van der Waals surface area contributed by atoms with Crippen molar-refractivity contribution in [3.63, 3.8) is 0 Å². The van der Waals surface area contributed by atoms with Crippen LogP contribution < -0.4 is 5.32 Å². The summed E-state index contributed by atoms with van der Waals surface area (Å²) in [6.07, 6.45) is 1.97. The number of nitrogens with one attached hydrogen (secondary N) is 1. The monoisotopic (exact) mass is 398 g/mol. The van der Waals surface area contributed by atoms with Gasteiger partial charge in [-0.1, -0.05) is 18.2 Å². The van der Waals surface area contributed by atoms with Gasteiger partial charge in [-0.2, -0.15) is 5.10 Å². The normalized spacial score (nSPS) is 11.0. The van der Waals surface area contributed by atoms with Gasteiger partial charge in [0.25, 0.3) is 5.91 Å². The number of amides is 1. The maximum Gasteiger partial charge on any atom is 0.274 e. The molecule has 5 nitrogen and oxygen atoms in total. The number of benzene rings is 2. The molecule has 2 aromatic heterocycles. The van der Waals surface area contributed by atoms with Gasteiger partial charge < -0.3 is 9.88 Å². The topological polar surface area (TPSA) is 51.9 Å². The molecule has 0 bridgehead atoms. The highest BCUT2D eigenvalue weighted by Gasteiger charge is 2.20. The van der Waals surface area contributed by atoms with E-state index in [-0.39, 0.29) is 5.91 Å². The molecule has 30 heavy (non-hydrogen) atoms. The average molecular weight is 399 g/mol. The van der Waals surface area contributed by atoms with Crippen LogP contribution in [0.4, 0.5) is 5.69 Å². The zero-order valence-electron chi connectivity index (χ0n) is 18.0. The lowest BCUT2D eigenvalue weighted by Crippen LogP contribution is -2.17. The van der Waals surface area contributed by atoms with Crippen LogP contribution in [-0.4, -0.2) is 20.3 Å². The predicted molar refractivity (Wildman–Crippen MR) is 121 cm³/mol. The number of aryl methyl sites for hydroxylation is 5. The second-order valence-electron chi connectivity index (χ2n) is 7.87. The first-order chi connectivity index (χ1) is 14.3. The number of hydrogen-bond acceptors (Lipinski definition) is 2. The van der Waals surface area contributed by atoms with Gasteiger partial charge in [0.15, 0.2) is 0 Å². The standard InChI is InChI=1S/C25H26N4O/c1-16-8-9-18(3)23(13-16)29-24(15-21(27-29)22-7-6-12-28(22)5)25(30)26-20-11-10-17(2)19(4)14-20/h6-15H,1-5H3,(H,26,30). The number of hydrogen-bond donors (Lipinski definition) is 1. The van der Waals surface area contributed by atoms with E-state index in [0.717, 1.165) is 39.5 Å². The Morgan fingerprint density at radius 1 is 0.900 bits per heavy atom. The van der Waals surface area contributed by atoms with Gasteiger partial charge in [-0.25, -0.2) is 4.68 Å². The maximum absolute atomic E-state index is 13.3. The van der Waals surface area contributed by atoms with Crippen molar-refractivity contribution in [2.24, 2.45) is 7.05 Å². The number of carbonyl (C=O) groups is 1. The molecule has 4 aromatic rings. The molecule has 2 aromatic carbocycles. The Morgan fingerprint density at radius 2 is 1.67 bits per heavy atom. The fraction of sp³-hybridized carbons (Fsp3) is 0.200. The highest BCUT2D eigenvalue weighted by atomic mass is 16.2. The highest BCUT2D eigenvalue weighted by molar-refractivity contribution is 6.04. The van der Waals surface area contributed by atoms with Gasteiger partial charge in [0.2, 0.25) is 0 Å². The molecule has 4 rings (SSSR count). The Bertz CT molecular complexity index is 1250. The fourth-order valence-electron chi connectivity index (χ4n) is 3.54. The van der Waals surface area contributed by atoms with Crippen LogP contribution in [0.1, 0.15) is 32.7 Å². The molecule has 152 valence electrons. The summed E-state index contributed by atoms with van der Waals surface area (Å²) in [6, 6.07) is 17.9. The third kappa shape index (κ3) is 3.66. The summed E-state index contributed by atoms with van der Waals surface area (Å²) in [5.74, 6) is -0.188. The Labute approximate surface area is 177 Å². The minimum absolute atomic E-state index is 0.188. The smallest absolute Gasteiger partial charge is 0.274 e. The molecule has 0 saturated heterocycles. The minimum Gasteiger partial charge on any atom is -0.349 e. The third-order valence-electron chi connectivity index (χ3n) is 5.51. The molecule has 1 N–H and O–H groups in total. The summed E-state index contributed by atoms with van der Waals surface area (Å²) in [7, 11) is 1.97. The molecule has 0 spiro atoms. The number of nitrogens with zero attached hydrogens (tertiary/aromatic N) is 3. The quantitative estimate of drug-likeness (QED) is 0.503. The molecule has 2 heterocycles. The summed E-state index contributed by atoms with van der Waals surface area (Å²) in [6.45, 7) is 8.17. The van der Waals surface area contributed by atoms with Crippen molar-refractivity contribution >= 4 is 11.6 Å². The molecule has 1 amide bonds. The van der Waals surface area contributed by atoms with Gasteiger partial charge >= 0.3 is 0 Å². The van der Waals surface area contributed by atoms with E-state index in [2.05, 4.69) is 30.4 Å². The summed E-state index contributed by atoms with van der Waals surface area (Å²) < 4.78 is 3.75. The Hall–Kier alpha value is -3.60. The summed E-state index contributed by atoms with van der Waals surface area (Å²) in [5.41, 5.74) is 8.40. The third-order valence-corrected chi connectivity index (χ3v) is 5.51. The highest BCUT2D eigenvalue weighted by Crippen LogP contribution is 2.25.